The zero-order valence-electron chi connectivity index (χ0n) is 17.8. The van der Waals surface area contributed by atoms with Crippen molar-refractivity contribution in [2.24, 2.45) is 0 Å². The molecule has 2 aromatic heterocycles. The van der Waals surface area contributed by atoms with Gasteiger partial charge in [0.2, 0.25) is 11.6 Å². The third-order valence-electron chi connectivity index (χ3n) is 4.63. The molecule has 0 fully saturated rings. The number of benzene rings is 1. The van der Waals surface area contributed by atoms with E-state index in [1.165, 1.54) is 4.57 Å². The number of hydrogen-bond donors (Lipinski definition) is 1. The van der Waals surface area contributed by atoms with E-state index in [-0.39, 0.29) is 29.2 Å². The molecule has 0 saturated heterocycles. The maximum Gasteiger partial charge on any atom is 0.361 e. The van der Waals surface area contributed by atoms with Gasteiger partial charge in [0.05, 0.1) is 18.9 Å². The van der Waals surface area contributed by atoms with E-state index < -0.39 is 23.5 Å². The lowest BCUT2D eigenvalue weighted by Crippen LogP contribution is -2.35. The number of esters is 1. The summed E-state index contributed by atoms with van der Waals surface area (Å²) in [6, 6.07) is 6.14. The lowest BCUT2D eigenvalue weighted by molar-refractivity contribution is -0.119. The fraction of sp³-hybridized carbons (Fsp3) is 0.381. The summed E-state index contributed by atoms with van der Waals surface area (Å²) in [6.45, 7) is 7.38. The molecule has 1 atom stereocenters. The number of hydrogen-bond acceptors (Lipinski definition) is 8. The van der Waals surface area contributed by atoms with Gasteiger partial charge < -0.3 is 19.3 Å². The second-order valence-corrected chi connectivity index (χ2v) is 6.61. The van der Waals surface area contributed by atoms with Crippen molar-refractivity contribution < 1.29 is 23.6 Å². The van der Waals surface area contributed by atoms with E-state index in [4.69, 9.17) is 14.0 Å². The Morgan fingerprint density at radius 1 is 1.19 bits per heavy atom. The predicted octanol–water partition coefficient (Wildman–Crippen LogP) is 2.86. The van der Waals surface area contributed by atoms with Crippen molar-refractivity contribution in [1.29, 1.82) is 0 Å². The average molecular weight is 428 g/mol. The molecule has 10 nitrogen and oxygen atoms in total. The topological polar surface area (TPSA) is 126 Å². The average Bonchev–Trinajstić information content (AvgIpc) is 3.17. The van der Waals surface area contributed by atoms with Crippen LogP contribution in [0.25, 0.3) is 11.1 Å². The van der Waals surface area contributed by atoms with Gasteiger partial charge in [-0.25, -0.2) is 4.79 Å². The van der Waals surface area contributed by atoms with Gasteiger partial charge in [-0.1, -0.05) is 24.2 Å². The van der Waals surface area contributed by atoms with Gasteiger partial charge in [-0.05, 0) is 39.3 Å². The number of rotatable bonds is 8. The maximum absolute atomic E-state index is 13.3. The molecular formula is C21H24N4O6. The first-order valence-electron chi connectivity index (χ1n) is 10.0. The Kier molecular flexibility index (Phi) is 6.68. The monoisotopic (exact) mass is 428 g/mol. The number of nitrogens with one attached hydrogen (secondary N) is 1. The van der Waals surface area contributed by atoms with Crippen LogP contribution < -0.4 is 15.6 Å². The predicted molar refractivity (Wildman–Crippen MR) is 112 cm³/mol. The van der Waals surface area contributed by atoms with E-state index in [2.05, 4.69) is 15.5 Å². The standard InChI is InChI=1S/C21H24N4O6/c1-5-14(18(26)23-13-10-8-9-11-15(13)29-6-2)25-12(4)22-19-16(20(25)27)17(24-31-19)21(28)30-7-3/h8-11,14H,5-7H2,1-4H3,(H,23,26)/t14-/m0/s1. The first kappa shape index (κ1) is 22.0. The first-order chi connectivity index (χ1) is 14.9. The minimum atomic E-state index is -0.885. The Morgan fingerprint density at radius 2 is 1.94 bits per heavy atom. The van der Waals surface area contributed by atoms with E-state index in [1.807, 2.05) is 6.92 Å². The molecule has 10 heteroatoms. The quantitative estimate of drug-likeness (QED) is 0.543. The molecule has 0 spiro atoms. The summed E-state index contributed by atoms with van der Waals surface area (Å²) >= 11 is 0. The number of fused-ring (bicyclic) bond motifs is 1. The van der Waals surface area contributed by atoms with Gasteiger partial charge in [0.25, 0.3) is 11.3 Å². The van der Waals surface area contributed by atoms with Crippen LogP contribution in [0, 0.1) is 6.92 Å². The molecule has 0 aliphatic heterocycles. The Morgan fingerprint density at radius 3 is 2.61 bits per heavy atom. The summed E-state index contributed by atoms with van der Waals surface area (Å²) in [5.74, 6) is -0.438. The Hall–Kier alpha value is -3.69. The van der Waals surface area contributed by atoms with Gasteiger partial charge >= 0.3 is 5.97 Å². The second-order valence-electron chi connectivity index (χ2n) is 6.61. The number of para-hydroxylation sites is 2. The number of ether oxygens (including phenoxy) is 2. The smallest absolute Gasteiger partial charge is 0.361 e. The van der Waals surface area contributed by atoms with Crippen LogP contribution in [0.4, 0.5) is 5.69 Å². The van der Waals surface area contributed by atoms with Crippen LogP contribution >= 0.6 is 0 Å². The number of aromatic nitrogens is 3. The molecule has 2 heterocycles. The molecule has 1 N–H and O–H groups in total. The minimum Gasteiger partial charge on any atom is -0.492 e. The first-order valence-corrected chi connectivity index (χ1v) is 10.0. The van der Waals surface area contributed by atoms with Crippen LogP contribution in [0.3, 0.4) is 0 Å². The van der Waals surface area contributed by atoms with E-state index in [0.717, 1.165) is 0 Å². The normalized spacial score (nSPS) is 11.9. The van der Waals surface area contributed by atoms with Crippen LogP contribution in [0.15, 0.2) is 33.6 Å². The summed E-state index contributed by atoms with van der Waals surface area (Å²) in [5, 5.41) is 6.34. The highest BCUT2D eigenvalue weighted by molar-refractivity contribution is 6.00. The zero-order valence-corrected chi connectivity index (χ0v) is 17.8. The second kappa shape index (κ2) is 9.41. The maximum atomic E-state index is 13.3. The zero-order chi connectivity index (χ0) is 22.5. The van der Waals surface area contributed by atoms with Crippen molar-refractivity contribution in [1.82, 2.24) is 14.7 Å². The largest absolute Gasteiger partial charge is 0.492 e. The summed E-state index contributed by atoms with van der Waals surface area (Å²) in [6.07, 6.45) is 0.302. The molecule has 0 aliphatic carbocycles. The third-order valence-corrected chi connectivity index (χ3v) is 4.63. The molecule has 1 aromatic carbocycles. The molecule has 3 aromatic rings. The van der Waals surface area contributed by atoms with Gasteiger partial charge in [-0.2, -0.15) is 4.98 Å². The lowest BCUT2D eigenvalue weighted by Gasteiger charge is -2.20. The van der Waals surface area contributed by atoms with E-state index in [1.54, 1.807) is 45.0 Å². The van der Waals surface area contributed by atoms with Crippen molar-refractivity contribution in [2.75, 3.05) is 18.5 Å². The number of carbonyl (C=O) groups is 2. The Balaban J connectivity index is 2.04. The van der Waals surface area contributed by atoms with Crippen molar-refractivity contribution in [3.8, 4) is 5.75 Å². The van der Waals surface area contributed by atoms with Crippen LogP contribution in [-0.2, 0) is 9.53 Å². The molecule has 3 rings (SSSR count). The van der Waals surface area contributed by atoms with Crippen LogP contribution in [0.1, 0.15) is 49.5 Å². The van der Waals surface area contributed by atoms with E-state index in [9.17, 15) is 14.4 Å². The molecule has 0 bridgehead atoms. The highest BCUT2D eigenvalue weighted by Gasteiger charge is 2.28. The highest BCUT2D eigenvalue weighted by atomic mass is 16.5. The molecule has 31 heavy (non-hydrogen) atoms. The summed E-state index contributed by atoms with van der Waals surface area (Å²) < 4.78 is 16.8. The molecular weight excluding hydrogens is 404 g/mol. The molecule has 164 valence electrons. The van der Waals surface area contributed by atoms with Crippen molar-refractivity contribution in [2.45, 2.75) is 40.2 Å². The number of carbonyl (C=O) groups excluding carboxylic acids is 2. The number of nitrogens with zero attached hydrogens (tertiary/aromatic N) is 3. The lowest BCUT2D eigenvalue weighted by atomic mass is 10.1. The number of anilines is 1. The molecule has 0 aliphatic rings. The highest BCUT2D eigenvalue weighted by Crippen LogP contribution is 2.26. The van der Waals surface area contributed by atoms with E-state index >= 15 is 0 Å². The SMILES string of the molecule is CCOC(=O)c1noc2nc(C)n([C@@H](CC)C(=O)Nc3ccccc3OCC)c(=O)c12. The van der Waals surface area contributed by atoms with Gasteiger partial charge in [0.15, 0.2) is 0 Å². The van der Waals surface area contributed by atoms with Crippen molar-refractivity contribution in [3.05, 3.63) is 46.1 Å². The molecule has 0 unspecified atom stereocenters. The Labute approximate surface area is 178 Å². The van der Waals surface area contributed by atoms with Crippen LogP contribution in [0.2, 0.25) is 0 Å². The summed E-state index contributed by atoms with van der Waals surface area (Å²) in [5.41, 5.74) is -0.463. The van der Waals surface area contributed by atoms with Crippen LogP contribution in [-0.4, -0.2) is 39.8 Å². The van der Waals surface area contributed by atoms with Gasteiger partial charge in [-0.3, -0.25) is 14.2 Å². The van der Waals surface area contributed by atoms with Gasteiger partial charge in [-0.15, -0.1) is 0 Å². The third kappa shape index (κ3) is 4.27. The summed E-state index contributed by atoms with van der Waals surface area (Å²) in [4.78, 5) is 42.8. The number of amides is 1. The summed E-state index contributed by atoms with van der Waals surface area (Å²) in [7, 11) is 0. The van der Waals surface area contributed by atoms with E-state index in [0.29, 0.717) is 24.5 Å². The molecule has 0 saturated carbocycles. The van der Waals surface area contributed by atoms with Crippen molar-refractivity contribution >= 4 is 28.7 Å². The van der Waals surface area contributed by atoms with Gasteiger partial charge in [0.1, 0.15) is 23.0 Å². The fourth-order valence-electron chi connectivity index (χ4n) is 3.28. The number of aryl methyl sites for hydroxylation is 1. The fourth-order valence-corrected chi connectivity index (χ4v) is 3.28. The van der Waals surface area contributed by atoms with Crippen molar-refractivity contribution in [3.63, 3.8) is 0 Å². The van der Waals surface area contributed by atoms with Gasteiger partial charge in [0, 0.05) is 0 Å². The minimum absolute atomic E-state index is 0.0845. The van der Waals surface area contributed by atoms with Crippen LogP contribution in [0.5, 0.6) is 5.75 Å². The molecule has 0 radical (unpaired) electrons. The molecule has 1 amide bonds. The Bertz CT molecular complexity index is 1170.